The first kappa shape index (κ1) is 15.1. The van der Waals surface area contributed by atoms with E-state index in [-0.39, 0.29) is 5.91 Å². The minimum Gasteiger partial charge on any atom is -0.478 e. The third-order valence-corrected chi connectivity index (χ3v) is 3.36. The smallest absolute Gasteiger partial charge is 0.255 e. The molecule has 0 saturated heterocycles. The lowest BCUT2D eigenvalue weighted by Gasteiger charge is -2.10. The fraction of sp³-hybridized carbons (Fsp3) is 0.375. The molecule has 1 amide bonds. The van der Waals surface area contributed by atoms with Gasteiger partial charge in [-0.2, -0.15) is 0 Å². The van der Waals surface area contributed by atoms with Gasteiger partial charge in [0.05, 0.1) is 12.2 Å². The van der Waals surface area contributed by atoms with Crippen molar-refractivity contribution >= 4 is 5.91 Å². The molecule has 1 N–H and O–H groups in total. The number of aromatic nitrogens is 1. The van der Waals surface area contributed by atoms with Gasteiger partial charge in [0.25, 0.3) is 5.91 Å². The minimum atomic E-state index is -0.145. The minimum absolute atomic E-state index is 0.145. The highest BCUT2D eigenvalue weighted by Gasteiger charge is 2.18. The van der Waals surface area contributed by atoms with Gasteiger partial charge >= 0.3 is 0 Å². The van der Waals surface area contributed by atoms with E-state index in [1.807, 2.05) is 32.9 Å². The largest absolute Gasteiger partial charge is 0.478 e. The third kappa shape index (κ3) is 3.24. The number of hydrogen-bond donors (Lipinski definition) is 1. The number of carbonyl (C=O) groups excluding carboxylic acids is 1. The first-order valence-corrected chi connectivity index (χ1v) is 6.96. The Kier molecular flexibility index (Phi) is 4.62. The predicted molar refractivity (Wildman–Crippen MR) is 79.5 cm³/mol. The number of amides is 1. The molecule has 21 heavy (non-hydrogen) atoms. The average Bonchev–Trinajstić information content (AvgIpc) is 2.71. The Labute approximate surface area is 124 Å². The molecule has 2 rings (SSSR count). The summed E-state index contributed by atoms with van der Waals surface area (Å²) < 4.78 is 10.9. The molecular weight excluding hydrogens is 268 g/mol. The van der Waals surface area contributed by atoms with E-state index in [9.17, 15) is 4.79 Å². The maximum atomic E-state index is 12.3. The van der Waals surface area contributed by atoms with Crippen molar-refractivity contribution in [2.24, 2.45) is 0 Å². The third-order valence-electron chi connectivity index (χ3n) is 3.36. The van der Waals surface area contributed by atoms with E-state index in [1.165, 1.54) is 0 Å². The molecule has 0 atom stereocenters. The van der Waals surface area contributed by atoms with Crippen LogP contribution in [-0.4, -0.2) is 17.5 Å². The SMILES string of the molecule is CCOc1ncccc1CNC(=O)c1c(C)oc(C)c1C. The lowest BCUT2D eigenvalue weighted by Crippen LogP contribution is -2.24. The molecule has 5 nitrogen and oxygen atoms in total. The van der Waals surface area contributed by atoms with E-state index in [2.05, 4.69) is 10.3 Å². The van der Waals surface area contributed by atoms with Gasteiger partial charge in [-0.3, -0.25) is 4.79 Å². The lowest BCUT2D eigenvalue weighted by molar-refractivity contribution is 0.0948. The Hall–Kier alpha value is -2.30. The fourth-order valence-corrected chi connectivity index (χ4v) is 2.22. The Morgan fingerprint density at radius 2 is 2.10 bits per heavy atom. The number of ether oxygens (including phenoxy) is 1. The second-order valence-electron chi connectivity index (χ2n) is 4.80. The van der Waals surface area contributed by atoms with Gasteiger partial charge in [0, 0.05) is 23.9 Å². The van der Waals surface area contributed by atoms with Crippen LogP contribution in [0.4, 0.5) is 0 Å². The molecule has 0 spiro atoms. The predicted octanol–water partition coefficient (Wildman–Crippen LogP) is 2.93. The number of rotatable bonds is 5. The molecule has 2 aromatic rings. The van der Waals surface area contributed by atoms with E-state index in [4.69, 9.17) is 9.15 Å². The van der Waals surface area contributed by atoms with Gasteiger partial charge in [-0.1, -0.05) is 6.07 Å². The van der Waals surface area contributed by atoms with Gasteiger partial charge in [-0.15, -0.1) is 0 Å². The maximum absolute atomic E-state index is 12.3. The second kappa shape index (κ2) is 6.43. The van der Waals surface area contributed by atoms with Crippen LogP contribution in [0.1, 0.15) is 39.9 Å². The van der Waals surface area contributed by atoms with Crippen molar-refractivity contribution in [3.63, 3.8) is 0 Å². The van der Waals surface area contributed by atoms with Crippen LogP contribution in [-0.2, 0) is 6.54 Å². The quantitative estimate of drug-likeness (QED) is 0.918. The first-order chi connectivity index (χ1) is 10.0. The van der Waals surface area contributed by atoms with Gasteiger partial charge in [0.15, 0.2) is 0 Å². The molecule has 0 aliphatic carbocycles. The van der Waals surface area contributed by atoms with Crippen molar-refractivity contribution in [3.05, 3.63) is 46.5 Å². The van der Waals surface area contributed by atoms with Crippen LogP contribution >= 0.6 is 0 Å². The summed E-state index contributed by atoms with van der Waals surface area (Å²) in [5, 5.41) is 2.89. The highest BCUT2D eigenvalue weighted by Crippen LogP contribution is 2.21. The normalized spacial score (nSPS) is 10.5. The van der Waals surface area contributed by atoms with Crippen LogP contribution in [0.15, 0.2) is 22.7 Å². The van der Waals surface area contributed by atoms with Gasteiger partial charge in [0.2, 0.25) is 5.88 Å². The van der Waals surface area contributed by atoms with Crippen LogP contribution in [0.5, 0.6) is 5.88 Å². The topological polar surface area (TPSA) is 64.4 Å². The molecule has 2 heterocycles. The van der Waals surface area contributed by atoms with Crippen molar-refractivity contribution in [1.29, 1.82) is 0 Å². The Bertz CT molecular complexity index is 647. The summed E-state index contributed by atoms with van der Waals surface area (Å²) in [6, 6.07) is 3.71. The van der Waals surface area contributed by atoms with Crippen molar-refractivity contribution in [2.45, 2.75) is 34.2 Å². The molecule has 0 saturated carbocycles. The van der Waals surface area contributed by atoms with Crippen LogP contribution in [0, 0.1) is 20.8 Å². The number of aryl methyl sites for hydroxylation is 2. The molecule has 0 radical (unpaired) electrons. The fourth-order valence-electron chi connectivity index (χ4n) is 2.22. The summed E-state index contributed by atoms with van der Waals surface area (Å²) in [6.45, 7) is 8.34. The Morgan fingerprint density at radius 3 is 2.71 bits per heavy atom. The van der Waals surface area contributed by atoms with E-state index in [1.54, 1.807) is 13.1 Å². The number of nitrogens with one attached hydrogen (secondary N) is 1. The van der Waals surface area contributed by atoms with Crippen molar-refractivity contribution in [3.8, 4) is 5.88 Å². The summed E-state index contributed by atoms with van der Waals surface area (Å²) >= 11 is 0. The van der Waals surface area contributed by atoms with Gasteiger partial charge in [0.1, 0.15) is 11.5 Å². The van der Waals surface area contributed by atoms with E-state index in [0.29, 0.717) is 30.4 Å². The second-order valence-corrected chi connectivity index (χ2v) is 4.80. The van der Waals surface area contributed by atoms with Crippen LogP contribution in [0.3, 0.4) is 0 Å². The summed E-state index contributed by atoms with van der Waals surface area (Å²) in [4.78, 5) is 16.5. The maximum Gasteiger partial charge on any atom is 0.255 e. The van der Waals surface area contributed by atoms with Crippen molar-refractivity contribution < 1.29 is 13.9 Å². The zero-order valence-corrected chi connectivity index (χ0v) is 12.8. The van der Waals surface area contributed by atoms with Crippen molar-refractivity contribution in [2.75, 3.05) is 6.61 Å². The van der Waals surface area contributed by atoms with Gasteiger partial charge in [-0.05, 0) is 33.8 Å². The summed E-state index contributed by atoms with van der Waals surface area (Å²) in [5.74, 6) is 1.82. The van der Waals surface area contributed by atoms with E-state index < -0.39 is 0 Å². The molecule has 0 aliphatic rings. The van der Waals surface area contributed by atoms with E-state index >= 15 is 0 Å². The number of carbonyl (C=O) groups is 1. The van der Waals surface area contributed by atoms with Gasteiger partial charge < -0.3 is 14.5 Å². The Balaban J connectivity index is 2.11. The van der Waals surface area contributed by atoms with Crippen molar-refractivity contribution in [1.82, 2.24) is 10.3 Å². The highest BCUT2D eigenvalue weighted by atomic mass is 16.5. The van der Waals surface area contributed by atoms with Crippen LogP contribution in [0.2, 0.25) is 0 Å². The molecule has 0 fully saturated rings. The zero-order chi connectivity index (χ0) is 15.4. The lowest BCUT2D eigenvalue weighted by atomic mass is 10.1. The molecule has 2 aromatic heterocycles. The number of nitrogens with zero attached hydrogens (tertiary/aromatic N) is 1. The van der Waals surface area contributed by atoms with Crippen LogP contribution < -0.4 is 10.1 Å². The van der Waals surface area contributed by atoms with Crippen LogP contribution in [0.25, 0.3) is 0 Å². The average molecular weight is 288 g/mol. The number of hydrogen-bond acceptors (Lipinski definition) is 4. The molecule has 5 heteroatoms. The monoisotopic (exact) mass is 288 g/mol. The molecule has 0 aliphatic heterocycles. The number of furan rings is 1. The first-order valence-electron chi connectivity index (χ1n) is 6.96. The molecule has 0 unspecified atom stereocenters. The van der Waals surface area contributed by atoms with E-state index in [0.717, 1.165) is 16.9 Å². The molecular formula is C16H20N2O3. The Morgan fingerprint density at radius 1 is 1.33 bits per heavy atom. The zero-order valence-electron chi connectivity index (χ0n) is 12.8. The standard InChI is InChI=1S/C16H20N2O3/c1-5-20-16-13(7-6-8-17-16)9-18-15(19)14-10(2)11(3)21-12(14)4/h6-8H,5,9H2,1-4H3,(H,18,19). The molecule has 112 valence electrons. The molecule has 0 bridgehead atoms. The summed E-state index contributed by atoms with van der Waals surface area (Å²) in [7, 11) is 0. The molecule has 0 aromatic carbocycles. The summed E-state index contributed by atoms with van der Waals surface area (Å²) in [5.41, 5.74) is 2.33. The number of pyridine rings is 1. The van der Waals surface area contributed by atoms with Gasteiger partial charge in [-0.25, -0.2) is 4.98 Å². The highest BCUT2D eigenvalue weighted by molar-refractivity contribution is 5.96. The summed E-state index contributed by atoms with van der Waals surface area (Å²) in [6.07, 6.45) is 1.67.